The van der Waals surface area contributed by atoms with Crippen molar-refractivity contribution in [1.82, 2.24) is 4.98 Å². The van der Waals surface area contributed by atoms with E-state index in [-0.39, 0.29) is 90.7 Å². The monoisotopic (exact) mass is 557 g/mol. The second kappa shape index (κ2) is 32.9. The van der Waals surface area contributed by atoms with Gasteiger partial charge in [-0.05, 0) is 24.4 Å². The number of amides is 1. The number of hydrogen-bond donors (Lipinski definition) is 2. The van der Waals surface area contributed by atoms with Gasteiger partial charge in [-0.2, -0.15) is 0 Å². The second-order valence-corrected chi connectivity index (χ2v) is 3.60. The quantitative estimate of drug-likeness (QED) is 0.184. The summed E-state index contributed by atoms with van der Waals surface area (Å²) in [5, 5.41) is 48.6. The third-order valence-corrected chi connectivity index (χ3v) is 0.946. The van der Waals surface area contributed by atoms with Gasteiger partial charge in [-0.1, -0.05) is 0 Å². The third kappa shape index (κ3) is 149. The predicted molar refractivity (Wildman–Crippen MR) is 67.8 cm³/mol. The van der Waals surface area contributed by atoms with E-state index in [1.165, 1.54) is 6.20 Å². The van der Waals surface area contributed by atoms with Gasteiger partial charge in [-0.15, -0.1) is 0 Å². The van der Waals surface area contributed by atoms with Crippen molar-refractivity contribution in [2.45, 2.75) is 0 Å². The van der Waals surface area contributed by atoms with E-state index in [9.17, 15) is 4.79 Å². The van der Waals surface area contributed by atoms with E-state index in [1.807, 2.05) is 0 Å². The van der Waals surface area contributed by atoms with Crippen LogP contribution in [0.3, 0.4) is 0 Å². The van der Waals surface area contributed by atoms with Gasteiger partial charge in [-0.25, -0.2) is 0 Å². The van der Waals surface area contributed by atoms with Gasteiger partial charge < -0.3 is 59.9 Å². The Morgan fingerprint density at radius 3 is 1.30 bits per heavy atom. The van der Waals surface area contributed by atoms with Gasteiger partial charge in [0.25, 0.3) is 0 Å². The summed E-state index contributed by atoms with van der Waals surface area (Å²) >= 11 is 0. The molecule has 0 saturated heterocycles. The molecule has 1 heterocycles. The molecule has 1 rings (SSSR count). The van der Waals surface area contributed by atoms with Crippen LogP contribution in [0.2, 0.25) is 0 Å². The first-order chi connectivity index (χ1) is 11.5. The normalized spacial score (nSPS) is 7.00. The molecular formula is C9H7CaFeLiMnN2O14S. The number of aromatic nitrogens is 1. The summed E-state index contributed by atoms with van der Waals surface area (Å²) < 4.78 is 34.1. The zero-order chi connectivity index (χ0) is 21.9. The molecule has 0 bridgehead atoms. The minimum Gasteiger partial charge on any atom is -0.759 e. The van der Waals surface area contributed by atoms with E-state index < -0.39 is 34.8 Å². The Morgan fingerprint density at radius 2 is 1.20 bits per heavy atom. The number of carbonyl (C=O) groups excluding carboxylic acids is 3. The number of carbonyl (C=O) groups is 4. The molecule has 1 amide bonds. The van der Waals surface area contributed by atoms with Crippen molar-refractivity contribution < 1.29 is 120 Å². The summed E-state index contributed by atoms with van der Waals surface area (Å²) in [5.41, 5.74) is 5.38. The molecule has 0 aliphatic carbocycles. The Labute approximate surface area is 231 Å². The summed E-state index contributed by atoms with van der Waals surface area (Å²) in [4.78, 5) is 39.2. The first-order valence-corrected chi connectivity index (χ1v) is 6.36. The largest absolute Gasteiger partial charge is 2.00 e. The van der Waals surface area contributed by atoms with E-state index in [2.05, 4.69) is 4.98 Å². The fourth-order valence-corrected chi connectivity index (χ4v) is 0.509. The zero-order valence-electron chi connectivity index (χ0n) is 14.4. The van der Waals surface area contributed by atoms with E-state index >= 15 is 0 Å². The van der Waals surface area contributed by atoms with Gasteiger partial charge in [0.1, 0.15) is 0 Å². The van der Waals surface area contributed by atoms with Crippen molar-refractivity contribution >= 4 is 72.5 Å². The van der Waals surface area contributed by atoms with Crippen LogP contribution < -0.4 is 50.1 Å². The number of primary amides is 1. The molecule has 0 aliphatic heterocycles. The van der Waals surface area contributed by atoms with Crippen LogP contribution in [0.15, 0.2) is 24.5 Å². The molecule has 0 fully saturated rings. The van der Waals surface area contributed by atoms with Crippen LogP contribution in [0.1, 0.15) is 10.4 Å². The Balaban J connectivity index is -0.0000000343. The standard InChI is InChI=1S/C6H6N2O.3CH2O3.Ca.Fe.Li.Mn.H2O4S/c7-6(9)5-2-1-3-8-4-5;3*2-1(3)4;;;;;1-5(2,3)4/h1-4H,(H2,7,9);3*(H2,2,3,4);;;;;(H2,1,2,3,4)/q;;;;2*+2;+1;+2;/p-7. The van der Waals surface area contributed by atoms with Gasteiger partial charge >= 0.3 is 90.7 Å². The Morgan fingerprint density at radius 1 is 0.967 bits per heavy atom. The van der Waals surface area contributed by atoms with Crippen LogP contribution in [0.5, 0.6) is 0 Å². The Bertz CT molecular complexity index is 620. The summed E-state index contributed by atoms with van der Waals surface area (Å²) in [6.45, 7) is 0. The minimum absolute atomic E-state index is 0. The molecule has 1 aromatic rings. The Hall–Kier alpha value is -0.804. The molecule has 161 valence electrons. The number of rotatable bonds is 1. The molecule has 0 spiro atoms. The number of hydrogen-bond acceptors (Lipinski definition) is 14. The van der Waals surface area contributed by atoms with Crippen LogP contribution >= 0.6 is 0 Å². The third-order valence-electron chi connectivity index (χ3n) is 0.946. The summed E-state index contributed by atoms with van der Waals surface area (Å²) in [5.74, 6) is -0.442. The van der Waals surface area contributed by atoms with Gasteiger partial charge in [0.15, 0.2) is 0 Å². The average Bonchev–Trinajstić information content (AvgIpc) is 2.35. The number of nitrogens with zero attached hydrogens (tertiary/aromatic N) is 1. The van der Waals surface area contributed by atoms with Crippen LogP contribution in [-0.2, 0) is 44.5 Å². The van der Waals surface area contributed by atoms with Crippen LogP contribution in [0.25, 0.3) is 0 Å². The summed E-state index contributed by atoms with van der Waals surface area (Å²) in [7, 11) is -5.17. The smallest absolute Gasteiger partial charge is 0.759 e. The molecule has 1 aromatic heterocycles. The number of pyridine rings is 1. The summed E-state index contributed by atoms with van der Waals surface area (Å²) in [6.07, 6.45) is -3.73. The first-order valence-electron chi connectivity index (χ1n) is 5.03. The number of nitrogens with two attached hydrogens (primary N) is 1. The number of carboxylic acid groups (broad SMARTS) is 6. The van der Waals surface area contributed by atoms with Crippen LogP contribution in [0, 0.1) is 0 Å². The fourth-order valence-electron chi connectivity index (χ4n) is 0.509. The predicted octanol–water partition coefficient (Wildman–Crippen LogP) is -10.5. The molecular weight excluding hydrogens is 550 g/mol. The minimum atomic E-state index is -5.17. The molecule has 0 unspecified atom stereocenters. The first kappa shape index (κ1) is 51.7. The Kier molecular flexibility index (Phi) is 56.6. The van der Waals surface area contributed by atoms with E-state index in [1.54, 1.807) is 18.3 Å². The molecule has 1 radical (unpaired) electrons. The average molecular weight is 557 g/mol. The molecule has 0 saturated carbocycles. The van der Waals surface area contributed by atoms with Crippen molar-refractivity contribution in [3.8, 4) is 0 Å². The van der Waals surface area contributed by atoms with Gasteiger partial charge in [-0.3, -0.25) is 18.2 Å². The zero-order valence-corrected chi connectivity index (χ0v) is 19.7. The topological polar surface area (TPSA) is 323 Å². The molecule has 0 atom stereocenters. The van der Waals surface area contributed by atoms with E-state index in [0.717, 1.165) is 0 Å². The molecule has 30 heavy (non-hydrogen) atoms. The second-order valence-electron chi connectivity index (χ2n) is 2.78. The molecule has 16 nitrogen and oxygen atoms in total. The molecule has 3 N–H and O–H groups in total. The maximum Gasteiger partial charge on any atom is 2.00 e. The van der Waals surface area contributed by atoms with Gasteiger partial charge in [0, 0.05) is 22.8 Å². The molecule has 0 aliphatic rings. The van der Waals surface area contributed by atoms with Crippen LogP contribution in [-0.4, -0.2) is 89.7 Å². The summed E-state index contributed by atoms with van der Waals surface area (Å²) in [6, 6.07) is 3.29. The van der Waals surface area contributed by atoms with Crippen molar-refractivity contribution in [2.75, 3.05) is 0 Å². The maximum atomic E-state index is 10.4. The van der Waals surface area contributed by atoms with Gasteiger partial charge in [0.05, 0.1) is 5.56 Å². The van der Waals surface area contributed by atoms with Crippen LogP contribution in [0.4, 0.5) is 14.4 Å². The van der Waals surface area contributed by atoms with E-state index in [0.29, 0.717) is 5.56 Å². The van der Waals surface area contributed by atoms with Crippen molar-refractivity contribution in [3.63, 3.8) is 0 Å². The van der Waals surface area contributed by atoms with Crippen molar-refractivity contribution in [1.29, 1.82) is 0 Å². The molecule has 0 aromatic carbocycles. The fraction of sp³-hybridized carbons (Fsp3) is 0. The van der Waals surface area contributed by atoms with Crippen molar-refractivity contribution in [3.05, 3.63) is 30.1 Å². The maximum absolute atomic E-state index is 10.4. The molecule has 21 heteroatoms. The SMILES string of the molecule is NC(=O)c1cccnc1.O=C([O-])O.O=C([O-])[O-].O=C([O-])[O-].O=S(=O)([O-])[O-].[Ca+2].[Fe+2].[Li+].[Mn+2]. The van der Waals surface area contributed by atoms with Crippen molar-refractivity contribution in [2.24, 2.45) is 5.73 Å². The van der Waals surface area contributed by atoms with Gasteiger partial charge in [0.2, 0.25) is 12.1 Å². The van der Waals surface area contributed by atoms with E-state index in [4.69, 9.17) is 68.3 Å².